The molecule has 3 heterocycles. The lowest BCUT2D eigenvalue weighted by Crippen LogP contribution is -2.48. The number of aryl methyl sites for hydroxylation is 1. The van der Waals surface area contributed by atoms with Crippen LogP contribution in [0.15, 0.2) is 30.3 Å². The molecule has 4 rings (SSSR count). The molecule has 6 nitrogen and oxygen atoms in total. The number of rotatable bonds is 2. The lowest BCUT2D eigenvalue weighted by molar-refractivity contribution is -0.129. The number of piperazine rings is 1. The van der Waals surface area contributed by atoms with Crippen molar-refractivity contribution in [3.63, 3.8) is 0 Å². The highest BCUT2D eigenvalue weighted by molar-refractivity contribution is 7.22. The number of thiazole rings is 1. The van der Waals surface area contributed by atoms with Gasteiger partial charge in [0, 0.05) is 33.1 Å². The number of nitrogens with zero attached hydrogens (tertiary/aromatic N) is 5. The smallest absolute Gasteiger partial charge is 0.219 e. The fourth-order valence-corrected chi connectivity index (χ4v) is 4.06. The minimum absolute atomic E-state index is 0.148. The van der Waals surface area contributed by atoms with Crippen LogP contribution in [0.25, 0.3) is 16.0 Å². The lowest BCUT2D eigenvalue weighted by atomic mass is 10.3. The van der Waals surface area contributed by atoms with Gasteiger partial charge in [-0.05, 0) is 19.1 Å². The van der Waals surface area contributed by atoms with Crippen molar-refractivity contribution in [3.8, 4) is 5.69 Å². The summed E-state index contributed by atoms with van der Waals surface area (Å²) in [5, 5.41) is 5.65. The van der Waals surface area contributed by atoms with Crippen LogP contribution in [0.3, 0.4) is 0 Å². The third-order valence-electron chi connectivity index (χ3n) is 4.37. The summed E-state index contributed by atoms with van der Waals surface area (Å²) in [7, 11) is 0. The van der Waals surface area contributed by atoms with Gasteiger partial charge in [-0.2, -0.15) is 10.1 Å². The summed E-state index contributed by atoms with van der Waals surface area (Å²) in [5.74, 6) is 0.148. The summed E-state index contributed by atoms with van der Waals surface area (Å²) in [6.07, 6.45) is 0. The van der Waals surface area contributed by atoms with E-state index in [0.29, 0.717) is 0 Å². The van der Waals surface area contributed by atoms with E-state index in [4.69, 9.17) is 4.98 Å². The van der Waals surface area contributed by atoms with E-state index in [1.165, 1.54) is 0 Å². The number of carbonyl (C=O) groups is 1. The predicted molar refractivity (Wildman–Crippen MR) is 95.9 cm³/mol. The van der Waals surface area contributed by atoms with Gasteiger partial charge in [-0.15, -0.1) is 0 Å². The summed E-state index contributed by atoms with van der Waals surface area (Å²) < 4.78 is 3.04. The van der Waals surface area contributed by atoms with E-state index in [9.17, 15) is 4.79 Å². The molecule has 0 unspecified atom stereocenters. The maximum absolute atomic E-state index is 11.5. The first kappa shape index (κ1) is 15.1. The Labute approximate surface area is 144 Å². The van der Waals surface area contributed by atoms with Crippen molar-refractivity contribution >= 4 is 32.7 Å². The number of para-hydroxylation sites is 1. The average Bonchev–Trinajstić information content (AvgIpc) is 3.17. The molecule has 0 bridgehead atoms. The van der Waals surface area contributed by atoms with Gasteiger partial charge in [0.2, 0.25) is 5.91 Å². The Morgan fingerprint density at radius 3 is 2.50 bits per heavy atom. The van der Waals surface area contributed by atoms with Crippen LogP contribution >= 0.6 is 11.3 Å². The summed E-state index contributed by atoms with van der Waals surface area (Å²) >= 11 is 1.68. The van der Waals surface area contributed by atoms with Crippen LogP contribution in [0.5, 0.6) is 0 Å². The molecule has 1 aromatic carbocycles. The van der Waals surface area contributed by atoms with Gasteiger partial charge in [-0.1, -0.05) is 29.5 Å². The van der Waals surface area contributed by atoms with Crippen molar-refractivity contribution in [1.29, 1.82) is 0 Å². The van der Waals surface area contributed by atoms with E-state index < -0.39 is 0 Å². The van der Waals surface area contributed by atoms with Crippen molar-refractivity contribution < 1.29 is 4.79 Å². The molecule has 0 saturated carbocycles. The zero-order valence-corrected chi connectivity index (χ0v) is 14.6. The van der Waals surface area contributed by atoms with Gasteiger partial charge in [-0.3, -0.25) is 4.79 Å². The number of carbonyl (C=O) groups excluding carboxylic acids is 1. The van der Waals surface area contributed by atoms with Crippen molar-refractivity contribution in [2.45, 2.75) is 13.8 Å². The molecule has 0 spiro atoms. The molecule has 1 amide bonds. The second kappa shape index (κ2) is 5.90. The van der Waals surface area contributed by atoms with Crippen molar-refractivity contribution in [2.75, 3.05) is 31.1 Å². The number of benzene rings is 1. The number of fused-ring (bicyclic) bond motifs is 1. The number of hydrogen-bond donors (Lipinski definition) is 0. The van der Waals surface area contributed by atoms with E-state index in [2.05, 4.69) is 10.00 Å². The van der Waals surface area contributed by atoms with Crippen LogP contribution in [-0.4, -0.2) is 51.8 Å². The minimum atomic E-state index is 0.148. The van der Waals surface area contributed by atoms with E-state index >= 15 is 0 Å². The van der Waals surface area contributed by atoms with Crippen LogP contribution in [0, 0.1) is 6.92 Å². The van der Waals surface area contributed by atoms with Crippen LogP contribution < -0.4 is 4.90 Å². The summed E-state index contributed by atoms with van der Waals surface area (Å²) in [5.41, 5.74) is 2.93. The van der Waals surface area contributed by atoms with Crippen LogP contribution in [-0.2, 0) is 4.79 Å². The monoisotopic (exact) mass is 341 g/mol. The topological polar surface area (TPSA) is 54.3 Å². The quantitative estimate of drug-likeness (QED) is 0.718. The maximum Gasteiger partial charge on any atom is 0.219 e. The van der Waals surface area contributed by atoms with Crippen LogP contribution in [0.4, 0.5) is 5.13 Å². The van der Waals surface area contributed by atoms with Crippen LogP contribution in [0.1, 0.15) is 12.6 Å². The van der Waals surface area contributed by atoms with E-state index in [1.807, 2.05) is 46.8 Å². The highest BCUT2D eigenvalue weighted by Gasteiger charge is 2.23. The molecule has 1 aliphatic heterocycles. The molecule has 3 aromatic rings. The normalized spacial score (nSPS) is 15.2. The molecule has 7 heteroatoms. The number of amides is 1. The predicted octanol–water partition coefficient (Wildman–Crippen LogP) is 2.46. The molecule has 0 radical (unpaired) electrons. The Balaban J connectivity index is 1.66. The molecule has 24 heavy (non-hydrogen) atoms. The van der Waals surface area contributed by atoms with Crippen LogP contribution in [0.2, 0.25) is 0 Å². The standard InChI is InChI=1S/C17H19N5OS/c1-12-15-16(22(19-12)14-6-4-3-5-7-14)18-17(24-15)21-10-8-20(9-11-21)13(2)23/h3-7H,8-11H2,1-2H3. The molecule has 1 fully saturated rings. The third kappa shape index (κ3) is 2.54. The molecule has 1 aliphatic rings. The van der Waals surface area contributed by atoms with Gasteiger partial charge >= 0.3 is 0 Å². The Bertz CT molecular complexity index is 877. The van der Waals surface area contributed by atoms with E-state index in [1.54, 1.807) is 18.3 Å². The summed E-state index contributed by atoms with van der Waals surface area (Å²) in [4.78, 5) is 20.5. The first-order valence-corrected chi connectivity index (χ1v) is 8.87. The highest BCUT2D eigenvalue weighted by Crippen LogP contribution is 2.32. The van der Waals surface area contributed by atoms with Gasteiger partial charge in [0.25, 0.3) is 0 Å². The Kier molecular flexibility index (Phi) is 3.72. The van der Waals surface area contributed by atoms with Crippen molar-refractivity contribution in [2.24, 2.45) is 0 Å². The zero-order chi connectivity index (χ0) is 16.7. The SMILES string of the molecule is CC(=O)N1CCN(c2nc3c(s2)c(C)nn3-c2ccccc2)CC1. The first-order valence-electron chi connectivity index (χ1n) is 8.05. The van der Waals surface area contributed by atoms with E-state index in [-0.39, 0.29) is 5.91 Å². The minimum Gasteiger partial charge on any atom is -0.344 e. The Morgan fingerprint density at radius 2 is 1.83 bits per heavy atom. The summed E-state index contributed by atoms with van der Waals surface area (Å²) in [6, 6.07) is 10.1. The Hall–Kier alpha value is -2.41. The lowest BCUT2D eigenvalue weighted by Gasteiger charge is -2.33. The van der Waals surface area contributed by atoms with Gasteiger partial charge in [0.05, 0.1) is 16.1 Å². The second-order valence-electron chi connectivity index (χ2n) is 5.98. The average molecular weight is 341 g/mol. The summed E-state index contributed by atoms with van der Waals surface area (Å²) in [6.45, 7) is 6.83. The molecular weight excluding hydrogens is 322 g/mol. The number of anilines is 1. The largest absolute Gasteiger partial charge is 0.344 e. The van der Waals surface area contributed by atoms with Gasteiger partial charge in [0.15, 0.2) is 10.8 Å². The molecule has 0 aliphatic carbocycles. The van der Waals surface area contributed by atoms with E-state index in [0.717, 1.165) is 53.0 Å². The van der Waals surface area contributed by atoms with Gasteiger partial charge in [0.1, 0.15) is 0 Å². The fourth-order valence-electron chi connectivity index (χ4n) is 3.02. The van der Waals surface area contributed by atoms with Gasteiger partial charge in [-0.25, -0.2) is 4.68 Å². The number of aromatic nitrogens is 3. The fraction of sp³-hybridized carbons (Fsp3) is 0.353. The molecule has 124 valence electrons. The zero-order valence-electron chi connectivity index (χ0n) is 13.8. The molecule has 0 N–H and O–H groups in total. The molecule has 0 atom stereocenters. The van der Waals surface area contributed by atoms with Gasteiger partial charge < -0.3 is 9.80 Å². The highest BCUT2D eigenvalue weighted by atomic mass is 32.1. The molecule has 2 aromatic heterocycles. The Morgan fingerprint density at radius 1 is 1.12 bits per heavy atom. The molecule has 1 saturated heterocycles. The number of hydrogen-bond acceptors (Lipinski definition) is 5. The molecular formula is C17H19N5OS. The second-order valence-corrected chi connectivity index (χ2v) is 6.95. The van der Waals surface area contributed by atoms with Crippen molar-refractivity contribution in [3.05, 3.63) is 36.0 Å². The van der Waals surface area contributed by atoms with Crippen molar-refractivity contribution in [1.82, 2.24) is 19.7 Å². The third-order valence-corrected chi connectivity index (χ3v) is 5.59. The first-order chi connectivity index (χ1) is 11.6. The maximum atomic E-state index is 11.5.